The molecule has 0 heterocycles. The van der Waals surface area contributed by atoms with Crippen molar-refractivity contribution >= 4 is 21.7 Å². The molecule has 0 radical (unpaired) electrons. The molecule has 8 heteroatoms. The van der Waals surface area contributed by atoms with Gasteiger partial charge < -0.3 is 14.8 Å². The normalized spacial score (nSPS) is 10.9. The van der Waals surface area contributed by atoms with Crippen LogP contribution >= 0.6 is 0 Å². The summed E-state index contributed by atoms with van der Waals surface area (Å²) in [4.78, 5) is 23.6. The zero-order valence-electron chi connectivity index (χ0n) is 15.6. The number of hydrogen-bond acceptors (Lipinski definition) is 6. The number of carbonyl (C=O) groups is 2. The van der Waals surface area contributed by atoms with Crippen molar-refractivity contribution in [1.82, 2.24) is 5.32 Å². The van der Waals surface area contributed by atoms with Gasteiger partial charge in [0.15, 0.2) is 16.4 Å². The maximum Gasteiger partial charge on any atom is 0.307 e. The number of esters is 1. The first kappa shape index (κ1) is 21.4. The summed E-state index contributed by atoms with van der Waals surface area (Å²) in [5.41, 5.74) is 0.952. The van der Waals surface area contributed by atoms with Crippen molar-refractivity contribution < 1.29 is 27.5 Å². The molecule has 1 amide bonds. The fourth-order valence-electron chi connectivity index (χ4n) is 2.48. The van der Waals surface area contributed by atoms with Crippen LogP contribution in [0.15, 0.2) is 59.5 Å². The lowest BCUT2D eigenvalue weighted by Gasteiger charge is -2.09. The van der Waals surface area contributed by atoms with Gasteiger partial charge >= 0.3 is 5.97 Å². The van der Waals surface area contributed by atoms with Crippen LogP contribution in [0.25, 0.3) is 0 Å². The van der Waals surface area contributed by atoms with Gasteiger partial charge in [-0.2, -0.15) is 0 Å². The van der Waals surface area contributed by atoms with Gasteiger partial charge in [0, 0.05) is 6.54 Å². The number of hydrogen-bond donors (Lipinski definition) is 1. The van der Waals surface area contributed by atoms with Crippen molar-refractivity contribution in [2.24, 2.45) is 0 Å². The lowest BCUT2D eigenvalue weighted by Crippen LogP contribution is -2.30. The second-order valence-corrected chi connectivity index (χ2v) is 8.06. The molecule has 0 unspecified atom stereocenters. The van der Waals surface area contributed by atoms with Gasteiger partial charge in [0.2, 0.25) is 0 Å². The van der Waals surface area contributed by atoms with E-state index in [1.807, 2.05) is 24.3 Å². The largest absolute Gasteiger partial charge is 0.496 e. The topological polar surface area (TPSA) is 98.8 Å². The van der Waals surface area contributed by atoms with Gasteiger partial charge in [-0.15, -0.1) is 0 Å². The molecule has 0 spiro atoms. The first-order valence-electron chi connectivity index (χ1n) is 8.74. The fraction of sp³-hybridized carbons (Fsp3) is 0.300. The van der Waals surface area contributed by atoms with Crippen LogP contribution in [0, 0.1) is 0 Å². The summed E-state index contributed by atoms with van der Waals surface area (Å²) in [6.07, 6.45) is 0.255. The number of amides is 1. The Labute approximate surface area is 164 Å². The SMILES string of the molecule is COc1ccccc1CCNC(=O)COC(=O)CCS(=O)(=O)c1ccccc1. The number of sulfone groups is 1. The van der Waals surface area contributed by atoms with Gasteiger partial charge in [-0.1, -0.05) is 36.4 Å². The van der Waals surface area contributed by atoms with Crippen molar-refractivity contribution in [3.8, 4) is 5.75 Å². The quantitative estimate of drug-likeness (QED) is 0.605. The van der Waals surface area contributed by atoms with E-state index in [0.29, 0.717) is 13.0 Å². The molecule has 0 atom stereocenters. The highest BCUT2D eigenvalue weighted by atomic mass is 32.2. The lowest BCUT2D eigenvalue weighted by atomic mass is 10.1. The van der Waals surface area contributed by atoms with Crippen LogP contribution in [0.5, 0.6) is 5.75 Å². The summed E-state index contributed by atoms with van der Waals surface area (Å²) in [5.74, 6) is -0.818. The van der Waals surface area contributed by atoms with Crippen LogP contribution in [0.3, 0.4) is 0 Å². The second-order valence-electron chi connectivity index (χ2n) is 5.95. The molecule has 1 N–H and O–H groups in total. The van der Waals surface area contributed by atoms with E-state index in [4.69, 9.17) is 9.47 Å². The minimum atomic E-state index is -3.56. The smallest absolute Gasteiger partial charge is 0.307 e. The summed E-state index contributed by atoms with van der Waals surface area (Å²) in [5, 5.41) is 2.65. The molecule has 2 aromatic rings. The Kier molecular flexibility index (Phi) is 8.01. The molecule has 2 rings (SSSR count). The Morgan fingerprint density at radius 2 is 1.68 bits per heavy atom. The Morgan fingerprint density at radius 1 is 1.00 bits per heavy atom. The molecule has 0 fully saturated rings. The summed E-state index contributed by atoms with van der Waals surface area (Å²) in [6, 6.07) is 15.3. The first-order chi connectivity index (χ1) is 13.4. The molecule has 0 saturated heterocycles. The Balaban J connectivity index is 1.69. The number of carbonyl (C=O) groups excluding carboxylic acids is 2. The third-order valence-electron chi connectivity index (χ3n) is 3.95. The van der Waals surface area contributed by atoms with Crippen molar-refractivity contribution in [3.05, 3.63) is 60.2 Å². The number of methoxy groups -OCH3 is 1. The Bertz CT molecular complexity index is 896. The summed E-state index contributed by atoms with van der Waals surface area (Å²) in [6.45, 7) is -0.0880. The Morgan fingerprint density at radius 3 is 2.39 bits per heavy atom. The van der Waals surface area contributed by atoms with Gasteiger partial charge in [-0.25, -0.2) is 8.42 Å². The number of para-hydroxylation sites is 1. The summed E-state index contributed by atoms with van der Waals surface area (Å²) < 4.78 is 34.3. The van der Waals surface area contributed by atoms with Crippen LogP contribution in [0.1, 0.15) is 12.0 Å². The van der Waals surface area contributed by atoms with Gasteiger partial charge in [-0.05, 0) is 30.2 Å². The number of nitrogens with one attached hydrogen (secondary N) is 1. The van der Waals surface area contributed by atoms with E-state index >= 15 is 0 Å². The maximum atomic E-state index is 12.1. The standard InChI is InChI=1S/C20H23NO6S/c1-26-18-10-6-5-7-16(18)11-13-21-19(22)15-27-20(23)12-14-28(24,25)17-8-3-2-4-9-17/h2-10H,11-15H2,1H3,(H,21,22). The molecule has 28 heavy (non-hydrogen) atoms. The van der Waals surface area contributed by atoms with Gasteiger partial charge in [0.05, 0.1) is 24.2 Å². The number of ether oxygens (including phenoxy) is 2. The Hall–Kier alpha value is -2.87. The van der Waals surface area contributed by atoms with Crippen LogP contribution in [0.2, 0.25) is 0 Å². The summed E-state index contributed by atoms with van der Waals surface area (Å²) >= 11 is 0. The summed E-state index contributed by atoms with van der Waals surface area (Å²) in [7, 11) is -1.98. The van der Waals surface area contributed by atoms with Crippen LogP contribution < -0.4 is 10.1 Å². The molecule has 0 aliphatic heterocycles. The number of benzene rings is 2. The number of rotatable bonds is 10. The maximum absolute atomic E-state index is 12.1. The van der Waals surface area contributed by atoms with Gasteiger partial charge in [0.25, 0.3) is 5.91 Å². The molecule has 2 aromatic carbocycles. The zero-order chi connectivity index (χ0) is 20.4. The van der Waals surface area contributed by atoms with Gasteiger partial charge in [-0.3, -0.25) is 9.59 Å². The second kappa shape index (κ2) is 10.5. The van der Waals surface area contributed by atoms with E-state index in [0.717, 1.165) is 11.3 Å². The van der Waals surface area contributed by atoms with Crippen LogP contribution in [0.4, 0.5) is 0 Å². The highest BCUT2D eigenvalue weighted by Gasteiger charge is 2.17. The average molecular weight is 405 g/mol. The van der Waals surface area contributed by atoms with Crippen molar-refractivity contribution in [2.45, 2.75) is 17.7 Å². The van der Waals surface area contributed by atoms with E-state index in [1.54, 1.807) is 25.3 Å². The van der Waals surface area contributed by atoms with Crippen LogP contribution in [-0.2, 0) is 30.6 Å². The monoisotopic (exact) mass is 405 g/mol. The lowest BCUT2D eigenvalue weighted by molar-refractivity contribution is -0.148. The molecule has 0 aliphatic carbocycles. The van der Waals surface area contributed by atoms with Crippen molar-refractivity contribution in [3.63, 3.8) is 0 Å². The predicted molar refractivity (Wildman–Crippen MR) is 104 cm³/mol. The first-order valence-corrected chi connectivity index (χ1v) is 10.4. The van der Waals surface area contributed by atoms with Crippen molar-refractivity contribution in [1.29, 1.82) is 0 Å². The van der Waals surface area contributed by atoms with E-state index in [-0.39, 0.29) is 17.1 Å². The molecular weight excluding hydrogens is 382 g/mol. The highest BCUT2D eigenvalue weighted by molar-refractivity contribution is 7.91. The van der Waals surface area contributed by atoms with Crippen LogP contribution in [-0.4, -0.2) is 46.3 Å². The van der Waals surface area contributed by atoms with E-state index in [1.165, 1.54) is 12.1 Å². The fourth-order valence-corrected chi connectivity index (χ4v) is 3.72. The molecule has 0 aromatic heterocycles. The van der Waals surface area contributed by atoms with Crippen molar-refractivity contribution in [2.75, 3.05) is 26.0 Å². The zero-order valence-corrected chi connectivity index (χ0v) is 16.4. The van der Waals surface area contributed by atoms with Gasteiger partial charge in [0.1, 0.15) is 5.75 Å². The molecule has 150 valence electrons. The molecule has 0 bridgehead atoms. The molecule has 7 nitrogen and oxygen atoms in total. The molecule has 0 saturated carbocycles. The predicted octanol–water partition coefficient (Wildman–Crippen LogP) is 1.76. The third kappa shape index (κ3) is 6.70. The highest BCUT2D eigenvalue weighted by Crippen LogP contribution is 2.17. The van der Waals surface area contributed by atoms with E-state index < -0.39 is 28.3 Å². The molecule has 0 aliphatic rings. The third-order valence-corrected chi connectivity index (χ3v) is 5.68. The van der Waals surface area contributed by atoms with E-state index in [9.17, 15) is 18.0 Å². The average Bonchev–Trinajstić information content (AvgIpc) is 2.72. The minimum Gasteiger partial charge on any atom is -0.496 e. The minimum absolute atomic E-state index is 0.150. The van der Waals surface area contributed by atoms with E-state index in [2.05, 4.69) is 5.32 Å². The molecular formula is C20H23NO6S.